The van der Waals surface area contributed by atoms with Gasteiger partial charge in [0.15, 0.2) is 0 Å². The summed E-state index contributed by atoms with van der Waals surface area (Å²) in [6.45, 7) is 0. The van der Waals surface area contributed by atoms with Crippen molar-refractivity contribution in [3.8, 4) is 5.75 Å². The monoisotopic (exact) mass is 359 g/mol. The molecule has 2 nitrogen and oxygen atoms in total. The number of pyridine rings is 1. The van der Waals surface area contributed by atoms with Crippen LogP contribution in [0.25, 0.3) is 0 Å². The van der Waals surface area contributed by atoms with Gasteiger partial charge in [-0.1, -0.05) is 33.6 Å². The van der Waals surface area contributed by atoms with Crippen LogP contribution in [-0.2, 0) is 6.42 Å². The van der Waals surface area contributed by atoms with E-state index in [0.717, 1.165) is 21.3 Å². The highest BCUT2D eigenvalue weighted by Gasteiger charge is 2.15. The second-order valence-corrected chi connectivity index (χ2v) is 5.87. The maximum absolute atomic E-state index is 6.47. The first-order chi connectivity index (χ1) is 9.11. The smallest absolute Gasteiger partial charge is 0.124 e. The van der Waals surface area contributed by atoms with Crippen LogP contribution in [0.3, 0.4) is 0 Å². The lowest BCUT2D eigenvalue weighted by Crippen LogP contribution is -2.00. The molecule has 0 bridgehead atoms. The summed E-state index contributed by atoms with van der Waals surface area (Å²) in [7, 11) is 1.63. The molecule has 0 fully saturated rings. The molecule has 1 atom stereocenters. The average molecular weight is 361 g/mol. The van der Waals surface area contributed by atoms with Crippen molar-refractivity contribution < 1.29 is 4.74 Å². The predicted molar refractivity (Wildman–Crippen MR) is 82.2 cm³/mol. The predicted octanol–water partition coefficient (Wildman–Crippen LogP) is 5.03. The van der Waals surface area contributed by atoms with E-state index in [1.165, 1.54) is 0 Å². The topological polar surface area (TPSA) is 22.1 Å². The molecule has 0 amide bonds. The van der Waals surface area contributed by atoms with E-state index in [1.54, 1.807) is 19.5 Å². The third kappa shape index (κ3) is 3.62. The van der Waals surface area contributed by atoms with Gasteiger partial charge in [0.1, 0.15) is 5.75 Å². The largest absolute Gasteiger partial charge is 0.496 e. The van der Waals surface area contributed by atoms with Crippen molar-refractivity contribution in [3.05, 3.63) is 57.3 Å². The lowest BCUT2D eigenvalue weighted by atomic mass is 10.0. The van der Waals surface area contributed by atoms with Gasteiger partial charge in [0, 0.05) is 22.4 Å². The SMILES string of the molecule is COc1cc(Br)ccc1C(Cl)Cc1ccncc1Cl. The van der Waals surface area contributed by atoms with Crippen molar-refractivity contribution >= 4 is 39.1 Å². The summed E-state index contributed by atoms with van der Waals surface area (Å²) in [5.41, 5.74) is 1.92. The highest BCUT2D eigenvalue weighted by molar-refractivity contribution is 9.10. The molecule has 0 saturated heterocycles. The minimum absolute atomic E-state index is 0.206. The summed E-state index contributed by atoms with van der Waals surface area (Å²) < 4.78 is 6.31. The van der Waals surface area contributed by atoms with Gasteiger partial charge in [-0.15, -0.1) is 11.6 Å². The van der Waals surface area contributed by atoms with E-state index < -0.39 is 0 Å². The Kier molecular flexibility index (Phi) is 5.08. The van der Waals surface area contributed by atoms with Gasteiger partial charge in [0.05, 0.1) is 17.5 Å². The number of benzene rings is 1. The molecule has 0 radical (unpaired) electrons. The lowest BCUT2D eigenvalue weighted by Gasteiger charge is -2.15. The number of hydrogen-bond donors (Lipinski definition) is 0. The van der Waals surface area contributed by atoms with Gasteiger partial charge in [0.2, 0.25) is 0 Å². The van der Waals surface area contributed by atoms with Crippen LogP contribution in [0, 0.1) is 0 Å². The van der Waals surface area contributed by atoms with Gasteiger partial charge in [-0.2, -0.15) is 0 Å². The molecule has 0 spiro atoms. The van der Waals surface area contributed by atoms with Gasteiger partial charge in [-0.25, -0.2) is 0 Å². The molecule has 2 rings (SSSR count). The van der Waals surface area contributed by atoms with Gasteiger partial charge in [-0.3, -0.25) is 4.98 Å². The Labute approximate surface area is 130 Å². The van der Waals surface area contributed by atoms with Gasteiger partial charge in [0.25, 0.3) is 0 Å². The number of ether oxygens (including phenoxy) is 1. The van der Waals surface area contributed by atoms with Crippen molar-refractivity contribution in [1.82, 2.24) is 4.98 Å². The second-order valence-electron chi connectivity index (χ2n) is 4.03. The summed E-state index contributed by atoms with van der Waals surface area (Å²) >= 11 is 16.0. The van der Waals surface area contributed by atoms with Crippen molar-refractivity contribution in [2.45, 2.75) is 11.8 Å². The van der Waals surface area contributed by atoms with Crippen molar-refractivity contribution in [2.24, 2.45) is 0 Å². The van der Waals surface area contributed by atoms with Crippen molar-refractivity contribution in [1.29, 1.82) is 0 Å². The number of halogens is 3. The zero-order chi connectivity index (χ0) is 13.8. The van der Waals surface area contributed by atoms with E-state index >= 15 is 0 Å². The minimum atomic E-state index is -0.206. The van der Waals surface area contributed by atoms with Gasteiger partial charge < -0.3 is 4.74 Å². The maximum atomic E-state index is 6.47. The van der Waals surface area contributed by atoms with E-state index in [9.17, 15) is 0 Å². The summed E-state index contributed by atoms with van der Waals surface area (Å²) in [5.74, 6) is 0.763. The first-order valence-corrected chi connectivity index (χ1v) is 7.28. The molecule has 0 N–H and O–H groups in total. The van der Waals surface area contributed by atoms with Crippen LogP contribution in [0.4, 0.5) is 0 Å². The normalized spacial score (nSPS) is 12.2. The standard InChI is InChI=1S/C14H12BrCl2NO/c1-19-14-7-10(15)2-3-11(14)12(16)6-9-4-5-18-8-13(9)17/h2-5,7-8,12H,6H2,1H3. The zero-order valence-electron chi connectivity index (χ0n) is 10.2. The molecule has 0 saturated carbocycles. The molecule has 0 aliphatic rings. The lowest BCUT2D eigenvalue weighted by molar-refractivity contribution is 0.408. The third-order valence-corrected chi connectivity index (χ3v) is 4.01. The molecule has 19 heavy (non-hydrogen) atoms. The third-order valence-electron chi connectivity index (χ3n) is 2.79. The number of aromatic nitrogens is 1. The van der Waals surface area contributed by atoms with Crippen molar-refractivity contribution in [3.63, 3.8) is 0 Å². The molecule has 1 heterocycles. The summed E-state index contributed by atoms with van der Waals surface area (Å²) in [5, 5.41) is 0.423. The molecular formula is C14H12BrCl2NO. The fourth-order valence-corrected chi connectivity index (χ4v) is 2.70. The van der Waals surface area contributed by atoms with Crippen LogP contribution >= 0.6 is 39.1 Å². The number of methoxy groups -OCH3 is 1. The van der Waals surface area contributed by atoms with Crippen LogP contribution in [0.5, 0.6) is 5.75 Å². The van der Waals surface area contributed by atoms with Gasteiger partial charge in [-0.05, 0) is 30.2 Å². The highest BCUT2D eigenvalue weighted by atomic mass is 79.9. The van der Waals surface area contributed by atoms with E-state index in [-0.39, 0.29) is 5.38 Å². The summed E-state index contributed by atoms with van der Waals surface area (Å²) in [6.07, 6.45) is 3.96. The molecule has 0 aliphatic carbocycles. The van der Waals surface area contributed by atoms with Crippen LogP contribution in [-0.4, -0.2) is 12.1 Å². The quantitative estimate of drug-likeness (QED) is 0.713. The maximum Gasteiger partial charge on any atom is 0.124 e. The zero-order valence-corrected chi connectivity index (χ0v) is 13.3. The molecule has 0 aliphatic heterocycles. The second kappa shape index (κ2) is 6.60. The highest BCUT2D eigenvalue weighted by Crippen LogP contribution is 2.35. The Morgan fingerprint density at radius 1 is 1.37 bits per heavy atom. The van der Waals surface area contributed by atoms with Crippen LogP contribution < -0.4 is 4.74 Å². The van der Waals surface area contributed by atoms with E-state index in [0.29, 0.717) is 11.4 Å². The van der Waals surface area contributed by atoms with Crippen LogP contribution in [0.15, 0.2) is 41.1 Å². The fraction of sp³-hybridized carbons (Fsp3) is 0.214. The van der Waals surface area contributed by atoms with Crippen LogP contribution in [0.2, 0.25) is 5.02 Å². The Bertz CT molecular complexity index is 577. The molecule has 1 unspecified atom stereocenters. The Morgan fingerprint density at radius 3 is 2.84 bits per heavy atom. The molecule has 1 aromatic heterocycles. The molecule has 5 heteroatoms. The average Bonchev–Trinajstić information content (AvgIpc) is 2.41. The summed E-state index contributed by atoms with van der Waals surface area (Å²) in [4.78, 5) is 3.96. The number of alkyl halides is 1. The van der Waals surface area contributed by atoms with Crippen molar-refractivity contribution in [2.75, 3.05) is 7.11 Å². The fourth-order valence-electron chi connectivity index (χ4n) is 1.82. The molecule has 2 aromatic rings. The Morgan fingerprint density at radius 2 is 2.16 bits per heavy atom. The number of nitrogens with zero attached hydrogens (tertiary/aromatic N) is 1. The minimum Gasteiger partial charge on any atom is -0.496 e. The van der Waals surface area contributed by atoms with E-state index in [2.05, 4.69) is 20.9 Å². The molecule has 1 aromatic carbocycles. The van der Waals surface area contributed by atoms with E-state index in [4.69, 9.17) is 27.9 Å². The van der Waals surface area contributed by atoms with Gasteiger partial charge >= 0.3 is 0 Å². The first kappa shape index (κ1) is 14.6. The Hall–Kier alpha value is -0.770. The first-order valence-electron chi connectivity index (χ1n) is 5.67. The number of rotatable bonds is 4. The molecular weight excluding hydrogens is 349 g/mol. The van der Waals surface area contributed by atoms with Crippen LogP contribution in [0.1, 0.15) is 16.5 Å². The summed E-state index contributed by atoms with van der Waals surface area (Å²) in [6, 6.07) is 7.68. The molecule has 100 valence electrons. The number of hydrogen-bond acceptors (Lipinski definition) is 2. The van der Waals surface area contributed by atoms with E-state index in [1.807, 2.05) is 24.3 Å². The Balaban J connectivity index is 2.25.